The largest absolute Gasteiger partial charge is 0.451 e. The molecule has 0 aromatic carbocycles. The molecule has 0 saturated heterocycles. The minimum absolute atomic E-state index is 0.0435. The van der Waals surface area contributed by atoms with Gasteiger partial charge in [0.25, 0.3) is 0 Å². The van der Waals surface area contributed by atoms with Gasteiger partial charge in [-0.25, -0.2) is 15.8 Å². The van der Waals surface area contributed by atoms with Crippen molar-refractivity contribution in [2.24, 2.45) is 5.84 Å². The van der Waals surface area contributed by atoms with E-state index in [2.05, 4.69) is 20.7 Å². The van der Waals surface area contributed by atoms with Gasteiger partial charge in [0.05, 0.1) is 12.1 Å². The van der Waals surface area contributed by atoms with Crippen molar-refractivity contribution in [2.45, 2.75) is 38.4 Å². The summed E-state index contributed by atoms with van der Waals surface area (Å²) in [6.45, 7) is 3.41. The quantitative estimate of drug-likeness (QED) is 0.471. The Morgan fingerprint density at radius 2 is 1.75 bits per heavy atom. The first-order valence-corrected chi connectivity index (χ1v) is 6.12. The lowest BCUT2D eigenvalue weighted by Gasteiger charge is -2.31. The number of nitrogens with zero attached hydrogens (tertiary/aromatic N) is 2. The maximum atomic E-state index is 12.7. The number of anilines is 2. The first-order chi connectivity index (χ1) is 9.30. The van der Waals surface area contributed by atoms with Crippen molar-refractivity contribution in [3.63, 3.8) is 0 Å². The Labute approximate surface area is 114 Å². The summed E-state index contributed by atoms with van der Waals surface area (Å²) in [6.07, 6.45) is -3.63. The van der Waals surface area contributed by atoms with Crippen molar-refractivity contribution in [3.05, 3.63) is 11.9 Å². The first kappa shape index (κ1) is 16.4. The average molecular weight is 293 g/mol. The van der Waals surface area contributed by atoms with Gasteiger partial charge in [-0.3, -0.25) is 0 Å². The van der Waals surface area contributed by atoms with E-state index in [1.165, 1.54) is 6.07 Å². The van der Waals surface area contributed by atoms with Crippen molar-refractivity contribution >= 4 is 11.6 Å². The fourth-order valence-corrected chi connectivity index (χ4v) is 1.67. The van der Waals surface area contributed by atoms with Gasteiger partial charge in [-0.15, -0.1) is 0 Å². The van der Waals surface area contributed by atoms with Crippen LogP contribution in [0.2, 0.25) is 0 Å². The molecule has 0 atom stereocenters. The smallest absolute Gasteiger partial charge is 0.394 e. The SMILES string of the molecule is CCC(CC)(CO)Nc1cc(NN)nc(C(F)(F)F)n1. The topological polar surface area (TPSA) is 96.1 Å². The van der Waals surface area contributed by atoms with Crippen LogP contribution in [0.15, 0.2) is 6.07 Å². The van der Waals surface area contributed by atoms with Crippen molar-refractivity contribution in [1.29, 1.82) is 0 Å². The average Bonchev–Trinajstić information content (AvgIpc) is 2.43. The molecule has 0 unspecified atom stereocenters. The summed E-state index contributed by atoms with van der Waals surface area (Å²) in [4.78, 5) is 6.68. The highest BCUT2D eigenvalue weighted by Gasteiger charge is 2.36. The van der Waals surface area contributed by atoms with Crippen LogP contribution in [0, 0.1) is 0 Å². The van der Waals surface area contributed by atoms with Gasteiger partial charge in [0, 0.05) is 6.07 Å². The molecule has 9 heteroatoms. The van der Waals surface area contributed by atoms with Crippen LogP contribution in [-0.4, -0.2) is 27.2 Å². The molecule has 1 rings (SSSR count). The molecule has 0 aliphatic carbocycles. The molecule has 0 saturated carbocycles. The van der Waals surface area contributed by atoms with Gasteiger partial charge in [-0.2, -0.15) is 13.2 Å². The second-order valence-electron chi connectivity index (χ2n) is 4.37. The summed E-state index contributed by atoms with van der Waals surface area (Å²) in [5.74, 6) is 3.61. The summed E-state index contributed by atoms with van der Waals surface area (Å²) in [6, 6.07) is 1.25. The molecular weight excluding hydrogens is 275 g/mol. The molecule has 1 aromatic rings. The number of aliphatic hydroxyl groups excluding tert-OH is 1. The van der Waals surface area contributed by atoms with E-state index in [0.29, 0.717) is 12.8 Å². The van der Waals surface area contributed by atoms with E-state index in [9.17, 15) is 18.3 Å². The molecule has 0 aliphatic rings. The van der Waals surface area contributed by atoms with Gasteiger partial charge in [0.15, 0.2) is 0 Å². The minimum atomic E-state index is -4.68. The van der Waals surface area contributed by atoms with Crippen LogP contribution in [0.3, 0.4) is 0 Å². The Kier molecular flexibility index (Phi) is 5.12. The second kappa shape index (κ2) is 6.23. The number of nitrogens with one attached hydrogen (secondary N) is 2. The van der Waals surface area contributed by atoms with E-state index < -0.39 is 17.5 Å². The van der Waals surface area contributed by atoms with Gasteiger partial charge < -0.3 is 15.8 Å². The highest BCUT2D eigenvalue weighted by atomic mass is 19.4. The first-order valence-electron chi connectivity index (χ1n) is 6.12. The molecule has 6 nitrogen and oxygen atoms in total. The molecule has 1 heterocycles. The van der Waals surface area contributed by atoms with Crippen molar-refractivity contribution < 1.29 is 18.3 Å². The number of aliphatic hydroxyl groups is 1. The highest BCUT2D eigenvalue weighted by molar-refractivity contribution is 5.48. The Bertz CT molecular complexity index is 440. The zero-order chi connectivity index (χ0) is 15.4. The number of nitrogen functional groups attached to an aromatic ring is 1. The van der Waals surface area contributed by atoms with Gasteiger partial charge in [-0.1, -0.05) is 13.8 Å². The van der Waals surface area contributed by atoms with Crippen LogP contribution < -0.4 is 16.6 Å². The maximum absolute atomic E-state index is 12.7. The lowest BCUT2D eigenvalue weighted by atomic mass is 9.94. The predicted molar refractivity (Wildman–Crippen MR) is 68.9 cm³/mol. The number of alkyl halides is 3. The van der Waals surface area contributed by atoms with Crippen LogP contribution in [0.25, 0.3) is 0 Å². The Balaban J connectivity index is 3.18. The van der Waals surface area contributed by atoms with E-state index >= 15 is 0 Å². The number of rotatable bonds is 6. The molecular formula is C11H18F3N5O. The number of aromatic nitrogens is 2. The summed E-state index contributed by atoms with van der Waals surface area (Å²) in [7, 11) is 0. The summed E-state index contributed by atoms with van der Waals surface area (Å²) >= 11 is 0. The molecule has 5 N–H and O–H groups in total. The third kappa shape index (κ3) is 3.70. The van der Waals surface area contributed by atoms with Crippen molar-refractivity contribution in [1.82, 2.24) is 9.97 Å². The van der Waals surface area contributed by atoms with Crippen LogP contribution in [0.4, 0.5) is 24.8 Å². The molecule has 1 aromatic heterocycles. The van der Waals surface area contributed by atoms with Gasteiger partial charge in [0.1, 0.15) is 11.6 Å². The third-order valence-electron chi connectivity index (χ3n) is 3.18. The fourth-order valence-electron chi connectivity index (χ4n) is 1.67. The van der Waals surface area contributed by atoms with E-state index in [4.69, 9.17) is 5.84 Å². The second-order valence-corrected chi connectivity index (χ2v) is 4.37. The monoisotopic (exact) mass is 293 g/mol. The van der Waals surface area contributed by atoms with E-state index in [0.717, 1.165) is 0 Å². The molecule has 0 spiro atoms. The van der Waals surface area contributed by atoms with E-state index in [-0.39, 0.29) is 18.2 Å². The fraction of sp³-hybridized carbons (Fsp3) is 0.636. The lowest BCUT2D eigenvalue weighted by molar-refractivity contribution is -0.144. The Morgan fingerprint density at radius 3 is 2.15 bits per heavy atom. The van der Waals surface area contributed by atoms with Crippen LogP contribution in [0.5, 0.6) is 0 Å². The summed E-state index contributed by atoms with van der Waals surface area (Å²) in [5, 5.41) is 12.3. The normalized spacial score (nSPS) is 12.3. The Hall–Kier alpha value is -1.61. The molecule has 20 heavy (non-hydrogen) atoms. The number of hydrazine groups is 1. The number of hydrogen-bond donors (Lipinski definition) is 4. The van der Waals surface area contributed by atoms with Crippen molar-refractivity contribution in [2.75, 3.05) is 17.3 Å². The molecule has 114 valence electrons. The minimum Gasteiger partial charge on any atom is -0.394 e. The molecule has 0 aliphatic heterocycles. The highest BCUT2D eigenvalue weighted by Crippen LogP contribution is 2.29. The van der Waals surface area contributed by atoms with E-state index in [1.807, 2.05) is 13.8 Å². The van der Waals surface area contributed by atoms with Crippen LogP contribution in [0.1, 0.15) is 32.5 Å². The maximum Gasteiger partial charge on any atom is 0.451 e. The number of halogens is 3. The number of nitrogens with two attached hydrogens (primary N) is 1. The summed E-state index contributed by atoms with van der Waals surface area (Å²) < 4.78 is 38.1. The predicted octanol–water partition coefficient (Wildman–Crippen LogP) is 1.74. The zero-order valence-corrected chi connectivity index (χ0v) is 11.3. The van der Waals surface area contributed by atoms with Gasteiger partial charge in [-0.05, 0) is 12.8 Å². The van der Waals surface area contributed by atoms with Crippen LogP contribution >= 0.6 is 0 Å². The molecule has 0 amide bonds. The summed E-state index contributed by atoms with van der Waals surface area (Å²) in [5.41, 5.74) is 1.33. The Morgan fingerprint density at radius 1 is 1.20 bits per heavy atom. The zero-order valence-electron chi connectivity index (χ0n) is 11.3. The van der Waals surface area contributed by atoms with Gasteiger partial charge >= 0.3 is 6.18 Å². The van der Waals surface area contributed by atoms with Crippen LogP contribution in [-0.2, 0) is 6.18 Å². The third-order valence-corrected chi connectivity index (χ3v) is 3.18. The van der Waals surface area contributed by atoms with Crippen molar-refractivity contribution in [3.8, 4) is 0 Å². The molecule has 0 bridgehead atoms. The standard InChI is InChI=1S/C11H18F3N5O/c1-3-10(4-2,6-20)18-7-5-8(19-15)17-9(16-7)11(12,13)14/h5,20H,3-4,6,15H2,1-2H3,(H2,16,17,18,19). The molecule has 0 radical (unpaired) electrons. The van der Waals surface area contributed by atoms with E-state index in [1.54, 1.807) is 0 Å². The molecule has 0 fully saturated rings. The number of hydrogen-bond acceptors (Lipinski definition) is 6. The van der Waals surface area contributed by atoms with Gasteiger partial charge in [0.2, 0.25) is 5.82 Å². The lowest BCUT2D eigenvalue weighted by Crippen LogP contribution is -2.41.